The molecule has 0 atom stereocenters. The van der Waals surface area contributed by atoms with Crippen molar-refractivity contribution >= 4 is 53.6 Å². The van der Waals surface area contributed by atoms with Crippen molar-refractivity contribution in [3.05, 3.63) is 63.9 Å². The lowest BCUT2D eigenvalue weighted by atomic mass is 10.1. The normalized spacial score (nSPS) is 12.3. The first-order valence-electron chi connectivity index (χ1n) is 8.92. The van der Waals surface area contributed by atoms with Gasteiger partial charge in [-0.3, -0.25) is 4.79 Å². The van der Waals surface area contributed by atoms with Gasteiger partial charge in [-0.05, 0) is 19.1 Å². The van der Waals surface area contributed by atoms with E-state index in [0.717, 1.165) is 39.8 Å². The Kier molecular flexibility index (Phi) is 8.36. The number of rotatable bonds is 7. The van der Waals surface area contributed by atoms with E-state index in [9.17, 15) is 22.4 Å². The summed E-state index contributed by atoms with van der Waals surface area (Å²) in [6.45, 7) is 1.66. The molecule has 1 amide bonds. The number of aromatic nitrogens is 5. The number of alkyl halides is 3. The van der Waals surface area contributed by atoms with Crippen LogP contribution in [0.1, 0.15) is 34.2 Å². The first-order chi connectivity index (χ1) is 15.6. The molecule has 0 N–H and O–H groups in total. The summed E-state index contributed by atoms with van der Waals surface area (Å²) < 4.78 is 59.0. The molecule has 0 saturated heterocycles. The molecule has 33 heavy (non-hydrogen) atoms. The third kappa shape index (κ3) is 6.04. The smallest absolute Gasteiger partial charge is 0.305 e. The van der Waals surface area contributed by atoms with Crippen LogP contribution in [0.15, 0.2) is 35.6 Å². The summed E-state index contributed by atoms with van der Waals surface area (Å²) in [6.07, 6.45) is -2.59. The molecule has 3 aromatic rings. The highest BCUT2D eigenvalue weighted by Gasteiger charge is 2.34. The molecule has 0 fully saturated rings. The number of hydrogen-bond acceptors (Lipinski definition) is 7. The van der Waals surface area contributed by atoms with Crippen molar-refractivity contribution in [2.75, 3.05) is 6.61 Å². The van der Waals surface area contributed by atoms with Gasteiger partial charge in [0, 0.05) is 27.6 Å². The molecule has 3 rings (SSSR count). The zero-order valence-electron chi connectivity index (χ0n) is 16.5. The lowest BCUT2D eigenvalue weighted by Gasteiger charge is -2.10. The molecule has 2 heterocycles. The Bertz CT molecular complexity index is 1190. The number of benzene rings is 1. The van der Waals surface area contributed by atoms with Crippen molar-refractivity contribution in [3.8, 4) is 5.95 Å². The number of halogens is 6. The molecule has 0 radical (unpaired) electrons. The van der Waals surface area contributed by atoms with Crippen molar-refractivity contribution in [2.24, 2.45) is 4.99 Å². The van der Waals surface area contributed by atoms with E-state index in [1.807, 2.05) is 21.2 Å². The van der Waals surface area contributed by atoms with Gasteiger partial charge in [-0.25, -0.2) is 19.4 Å². The predicted octanol–water partition coefficient (Wildman–Crippen LogP) is 5.08. The van der Waals surface area contributed by atoms with Crippen molar-refractivity contribution in [2.45, 2.75) is 19.5 Å². The Morgan fingerprint density at radius 2 is 2.00 bits per heavy atom. The minimum atomic E-state index is -4.73. The molecule has 15 heteroatoms. The van der Waals surface area contributed by atoms with Gasteiger partial charge in [0.1, 0.15) is 5.69 Å². The van der Waals surface area contributed by atoms with Crippen molar-refractivity contribution in [1.82, 2.24) is 25.0 Å². The molecular weight excluding hydrogens is 603 g/mol. The third-order valence-corrected chi connectivity index (χ3v) is 5.60. The molecular formula is C18H12ClF4IN6O2S. The summed E-state index contributed by atoms with van der Waals surface area (Å²) in [7, 11) is 1.10. The summed E-state index contributed by atoms with van der Waals surface area (Å²) in [5.41, 5.74) is -0.917. The van der Waals surface area contributed by atoms with Crippen molar-refractivity contribution in [1.29, 1.82) is 0 Å². The Morgan fingerprint density at radius 3 is 2.64 bits per heavy atom. The second kappa shape index (κ2) is 10.8. The highest BCUT2D eigenvalue weighted by molar-refractivity contribution is 14.2. The quantitative estimate of drug-likeness (QED) is 0.121. The van der Waals surface area contributed by atoms with Crippen molar-refractivity contribution < 1.29 is 26.5 Å². The van der Waals surface area contributed by atoms with Crippen LogP contribution in [0.25, 0.3) is 5.95 Å². The van der Waals surface area contributed by atoms with Crippen LogP contribution >= 0.6 is 42.0 Å². The van der Waals surface area contributed by atoms with Gasteiger partial charge >= 0.3 is 6.18 Å². The maximum absolute atomic E-state index is 13.2. The maximum atomic E-state index is 13.2. The Hall–Kier alpha value is -2.17. The van der Waals surface area contributed by atoms with Gasteiger partial charge in [0.25, 0.3) is 11.9 Å². The van der Waals surface area contributed by atoms with Gasteiger partial charge in [0.15, 0.2) is 5.82 Å². The van der Waals surface area contributed by atoms with E-state index in [0.29, 0.717) is 5.69 Å². The minimum Gasteiger partial charge on any atom is -0.305 e. The summed E-state index contributed by atoms with van der Waals surface area (Å²) in [6, 6.07) is 2.99. The van der Waals surface area contributed by atoms with Crippen LogP contribution in [0.2, 0.25) is 5.02 Å². The van der Waals surface area contributed by atoms with Crippen molar-refractivity contribution in [3.63, 3.8) is 0 Å². The van der Waals surface area contributed by atoms with Crippen LogP contribution in [0.5, 0.6) is 0 Å². The van der Waals surface area contributed by atoms with Crippen LogP contribution in [0.4, 0.5) is 17.6 Å². The average molecular weight is 615 g/mol. The largest absolute Gasteiger partial charge is 0.417 e. The van der Waals surface area contributed by atoms with E-state index in [2.05, 4.69) is 25.3 Å². The van der Waals surface area contributed by atoms with E-state index in [1.54, 1.807) is 0 Å². The number of amides is 1. The van der Waals surface area contributed by atoms with Gasteiger partial charge in [-0.2, -0.15) is 17.9 Å². The van der Waals surface area contributed by atoms with E-state index in [1.165, 1.54) is 11.6 Å². The fourth-order valence-corrected chi connectivity index (χ4v) is 3.73. The van der Waals surface area contributed by atoms with Crippen LogP contribution < -0.4 is 0 Å². The second-order valence-corrected chi connectivity index (χ2v) is 8.12. The van der Waals surface area contributed by atoms with Crippen LogP contribution in [-0.4, -0.2) is 43.2 Å². The SMILES string of the molecule is C/C(=N\C(=O)c1cccc(C(F)(F)F)c1Cl)c1nnn(-c2ncc(F)cn2)c1CCOSI. The molecule has 0 aliphatic carbocycles. The van der Waals surface area contributed by atoms with E-state index in [4.69, 9.17) is 15.8 Å². The summed E-state index contributed by atoms with van der Waals surface area (Å²) in [5.74, 6) is -1.61. The number of hydrogen-bond donors (Lipinski definition) is 0. The first-order valence-corrected chi connectivity index (χ1v) is 12.6. The molecule has 0 spiro atoms. The van der Waals surface area contributed by atoms with Gasteiger partial charge in [0.05, 0.1) is 55.8 Å². The number of nitrogens with zero attached hydrogens (tertiary/aromatic N) is 6. The number of carbonyl (C=O) groups is 1. The lowest BCUT2D eigenvalue weighted by Crippen LogP contribution is -2.12. The minimum absolute atomic E-state index is 0.0207. The molecule has 0 bridgehead atoms. The van der Waals surface area contributed by atoms with Gasteiger partial charge in [-0.15, -0.1) is 5.10 Å². The third-order valence-electron chi connectivity index (χ3n) is 4.17. The van der Waals surface area contributed by atoms with Crippen LogP contribution in [0, 0.1) is 5.82 Å². The molecule has 0 aliphatic heterocycles. The standard InChI is InChI=1S/C18H12ClF4IN6O2S/c1-9(27-16(31)11-3-2-4-12(14(11)19)18(21,22)23)15-13(5-6-32-33-24)30(29-28-15)17-25-7-10(20)8-26-17/h2-4,7-8H,5-6H2,1H3/b27-9+. The zero-order chi connectivity index (χ0) is 24.2. The molecule has 0 unspecified atom stereocenters. The van der Waals surface area contributed by atoms with E-state index in [-0.39, 0.29) is 30.4 Å². The topological polar surface area (TPSA) is 95.2 Å². The average Bonchev–Trinajstić information content (AvgIpc) is 3.17. The second-order valence-electron chi connectivity index (χ2n) is 6.30. The molecule has 174 valence electrons. The van der Waals surface area contributed by atoms with Gasteiger partial charge in [-0.1, -0.05) is 22.9 Å². The fraction of sp³-hybridized carbons (Fsp3) is 0.222. The predicted molar refractivity (Wildman–Crippen MR) is 121 cm³/mol. The van der Waals surface area contributed by atoms with E-state index >= 15 is 0 Å². The summed E-state index contributed by atoms with van der Waals surface area (Å²) in [4.78, 5) is 24.2. The number of aliphatic imine (C=N–C) groups is 1. The maximum Gasteiger partial charge on any atom is 0.417 e. The Morgan fingerprint density at radius 1 is 1.30 bits per heavy atom. The van der Waals surface area contributed by atoms with Crippen LogP contribution in [0.3, 0.4) is 0 Å². The highest BCUT2D eigenvalue weighted by Crippen LogP contribution is 2.36. The zero-order valence-corrected chi connectivity index (χ0v) is 20.2. The molecule has 0 saturated carbocycles. The fourth-order valence-electron chi connectivity index (χ4n) is 2.73. The molecule has 8 nitrogen and oxygen atoms in total. The first kappa shape index (κ1) is 25.5. The highest BCUT2D eigenvalue weighted by atomic mass is 127. The Labute approximate surface area is 205 Å². The molecule has 0 aliphatic rings. The summed E-state index contributed by atoms with van der Waals surface area (Å²) in [5, 5.41) is 7.20. The van der Waals surface area contributed by atoms with E-state index < -0.39 is 34.1 Å². The van der Waals surface area contributed by atoms with Crippen LogP contribution in [-0.2, 0) is 16.8 Å². The Balaban J connectivity index is 2.00. The number of carbonyl (C=O) groups excluding carboxylic acids is 1. The molecule has 2 aromatic heterocycles. The van der Waals surface area contributed by atoms with Gasteiger partial charge in [0.2, 0.25) is 0 Å². The monoisotopic (exact) mass is 614 g/mol. The van der Waals surface area contributed by atoms with Gasteiger partial charge < -0.3 is 4.18 Å². The lowest BCUT2D eigenvalue weighted by molar-refractivity contribution is -0.137. The molecule has 1 aromatic carbocycles. The summed E-state index contributed by atoms with van der Waals surface area (Å²) >= 11 is 7.76.